The van der Waals surface area contributed by atoms with E-state index in [0.29, 0.717) is 6.42 Å². The largest absolute Gasteiger partial charge is 0.503 e. The fraction of sp³-hybridized carbons (Fsp3) is 0.318. The number of carbonyl (C=O) groups is 3. The Hall–Kier alpha value is -3.62. The summed E-state index contributed by atoms with van der Waals surface area (Å²) in [7, 11) is 1.33. The summed E-state index contributed by atoms with van der Waals surface area (Å²) in [5.41, 5.74) is 0.600. The van der Waals surface area contributed by atoms with Crippen molar-refractivity contribution in [3.8, 4) is 11.5 Å². The van der Waals surface area contributed by atoms with Crippen molar-refractivity contribution < 1.29 is 33.7 Å². The molecule has 2 aromatic rings. The highest BCUT2D eigenvalue weighted by atomic mass is 16.6. The Morgan fingerprint density at radius 3 is 2.68 bits per heavy atom. The number of nitrogens with zero attached hydrogens (tertiary/aromatic N) is 1. The van der Waals surface area contributed by atoms with Gasteiger partial charge in [0.2, 0.25) is 0 Å². The molecule has 1 aromatic carbocycles. The maximum atomic E-state index is 12.6. The molecule has 1 unspecified atom stereocenters. The highest BCUT2D eigenvalue weighted by Gasteiger charge is 2.33. The van der Waals surface area contributed by atoms with Crippen LogP contribution in [0.25, 0.3) is 0 Å². The first kappa shape index (κ1) is 22.1. The molecule has 9 heteroatoms. The molecule has 1 amide bonds. The smallest absolute Gasteiger partial charge is 0.332 e. The van der Waals surface area contributed by atoms with Crippen LogP contribution in [0.4, 0.5) is 0 Å². The summed E-state index contributed by atoms with van der Waals surface area (Å²) in [6, 6.07) is 9.51. The molecule has 2 heterocycles. The van der Waals surface area contributed by atoms with Gasteiger partial charge in [-0.3, -0.25) is 9.59 Å². The van der Waals surface area contributed by atoms with Crippen LogP contribution in [0.3, 0.4) is 0 Å². The lowest BCUT2D eigenvalue weighted by Crippen LogP contribution is -2.46. The Kier molecular flexibility index (Phi) is 7.07. The summed E-state index contributed by atoms with van der Waals surface area (Å²) in [5.74, 6) is -3.19. The van der Waals surface area contributed by atoms with Crippen LogP contribution in [0.2, 0.25) is 0 Å². The minimum atomic E-state index is -1.27. The van der Waals surface area contributed by atoms with Gasteiger partial charge in [0.25, 0.3) is 5.91 Å². The van der Waals surface area contributed by atoms with E-state index < -0.39 is 48.3 Å². The molecule has 1 aliphatic rings. The third-order valence-electron chi connectivity index (χ3n) is 4.71. The van der Waals surface area contributed by atoms with E-state index in [1.165, 1.54) is 19.4 Å². The third-order valence-corrected chi connectivity index (χ3v) is 4.71. The predicted octanol–water partition coefficient (Wildman–Crippen LogP) is 1.45. The number of hydrogen-bond donors (Lipinski definition) is 2. The number of nitrogens with one attached hydrogen (secondary N) is 1. The molecule has 0 saturated carbocycles. The van der Waals surface area contributed by atoms with Gasteiger partial charge in [0.15, 0.2) is 23.2 Å². The van der Waals surface area contributed by atoms with Crippen LogP contribution in [0.5, 0.6) is 11.5 Å². The van der Waals surface area contributed by atoms with Gasteiger partial charge < -0.3 is 24.6 Å². The second-order valence-corrected chi connectivity index (χ2v) is 7.00. The summed E-state index contributed by atoms with van der Waals surface area (Å²) in [6.45, 7) is 1.21. The van der Waals surface area contributed by atoms with E-state index in [1.807, 2.05) is 30.3 Å². The van der Waals surface area contributed by atoms with Crippen molar-refractivity contribution in [1.29, 1.82) is 0 Å². The molecule has 0 bridgehead atoms. The average molecular weight is 427 g/mol. The van der Waals surface area contributed by atoms with Crippen molar-refractivity contribution in [2.24, 2.45) is 5.92 Å². The molecule has 1 radical (unpaired) electrons. The quantitative estimate of drug-likeness (QED) is 0.687. The van der Waals surface area contributed by atoms with Crippen LogP contribution in [-0.4, -0.2) is 53.8 Å². The molecule has 163 valence electrons. The van der Waals surface area contributed by atoms with Crippen LogP contribution in [0, 0.1) is 12.3 Å². The maximum absolute atomic E-state index is 12.6. The molecule has 3 atom stereocenters. The number of hydrogen-bond acceptors (Lipinski definition) is 8. The molecule has 3 rings (SSSR count). The van der Waals surface area contributed by atoms with E-state index in [4.69, 9.17) is 14.2 Å². The van der Waals surface area contributed by atoms with Gasteiger partial charge in [-0.2, -0.15) is 0 Å². The number of pyridine rings is 1. The SMILES string of the molecule is COc1ccnc(C(=O)NC2COC(=O)[C@@H](Cc3ccccc3)[CH][C@H](C)OC2=O)c1O. The summed E-state index contributed by atoms with van der Waals surface area (Å²) < 4.78 is 15.6. The Bertz CT molecular complexity index is 948. The maximum Gasteiger partial charge on any atom is 0.332 e. The first-order valence-corrected chi connectivity index (χ1v) is 9.68. The van der Waals surface area contributed by atoms with Crippen molar-refractivity contribution in [1.82, 2.24) is 10.3 Å². The highest BCUT2D eigenvalue weighted by molar-refractivity contribution is 5.98. The van der Waals surface area contributed by atoms with Gasteiger partial charge in [-0.1, -0.05) is 30.3 Å². The van der Waals surface area contributed by atoms with E-state index in [-0.39, 0.29) is 11.4 Å². The first-order chi connectivity index (χ1) is 14.9. The van der Waals surface area contributed by atoms with Gasteiger partial charge >= 0.3 is 11.9 Å². The van der Waals surface area contributed by atoms with Gasteiger partial charge in [0, 0.05) is 18.7 Å². The fourth-order valence-electron chi connectivity index (χ4n) is 3.16. The minimum Gasteiger partial charge on any atom is -0.503 e. The summed E-state index contributed by atoms with van der Waals surface area (Å²) >= 11 is 0. The van der Waals surface area contributed by atoms with Crippen molar-refractivity contribution in [3.05, 3.63) is 60.3 Å². The second-order valence-electron chi connectivity index (χ2n) is 7.00. The molecule has 1 fully saturated rings. The average Bonchev–Trinajstić information content (AvgIpc) is 2.80. The molecule has 0 spiro atoms. The van der Waals surface area contributed by atoms with Gasteiger partial charge in [0.1, 0.15) is 12.7 Å². The predicted molar refractivity (Wildman–Crippen MR) is 108 cm³/mol. The second kappa shape index (κ2) is 9.92. The molecular weight excluding hydrogens is 404 g/mol. The summed E-state index contributed by atoms with van der Waals surface area (Å²) in [5, 5.41) is 12.5. The number of rotatable bonds is 5. The lowest BCUT2D eigenvalue weighted by Gasteiger charge is -2.18. The Morgan fingerprint density at radius 2 is 1.97 bits per heavy atom. The zero-order valence-corrected chi connectivity index (χ0v) is 17.1. The van der Waals surface area contributed by atoms with E-state index >= 15 is 0 Å². The zero-order chi connectivity index (χ0) is 22.4. The normalized spacial score (nSPS) is 21.7. The first-order valence-electron chi connectivity index (χ1n) is 9.68. The number of aromatic hydroxyl groups is 1. The van der Waals surface area contributed by atoms with Crippen LogP contribution in [0.15, 0.2) is 42.6 Å². The number of cyclic esters (lactones) is 2. The number of methoxy groups -OCH3 is 1. The topological polar surface area (TPSA) is 124 Å². The van der Waals surface area contributed by atoms with Crippen molar-refractivity contribution in [3.63, 3.8) is 0 Å². The number of benzene rings is 1. The lowest BCUT2D eigenvalue weighted by molar-refractivity contribution is -0.152. The van der Waals surface area contributed by atoms with Crippen molar-refractivity contribution >= 4 is 17.8 Å². The zero-order valence-electron chi connectivity index (χ0n) is 17.1. The Balaban J connectivity index is 1.73. The van der Waals surface area contributed by atoms with Crippen LogP contribution in [-0.2, 0) is 25.5 Å². The Labute approximate surface area is 179 Å². The molecule has 1 aromatic heterocycles. The molecule has 2 N–H and O–H groups in total. The van der Waals surface area contributed by atoms with Gasteiger partial charge in [0.05, 0.1) is 13.0 Å². The highest BCUT2D eigenvalue weighted by Crippen LogP contribution is 2.27. The van der Waals surface area contributed by atoms with E-state index in [9.17, 15) is 19.5 Å². The molecule has 0 aliphatic carbocycles. The molecule has 1 aliphatic heterocycles. The van der Waals surface area contributed by atoms with E-state index in [1.54, 1.807) is 13.3 Å². The van der Waals surface area contributed by atoms with E-state index in [2.05, 4.69) is 10.3 Å². The number of ether oxygens (including phenoxy) is 3. The number of esters is 2. The van der Waals surface area contributed by atoms with Crippen LogP contribution in [0.1, 0.15) is 23.0 Å². The number of carbonyl (C=O) groups excluding carboxylic acids is 3. The number of amides is 1. The van der Waals surface area contributed by atoms with Gasteiger partial charge in [-0.05, 0) is 18.9 Å². The van der Waals surface area contributed by atoms with E-state index in [0.717, 1.165) is 5.56 Å². The van der Waals surface area contributed by atoms with Crippen LogP contribution < -0.4 is 10.1 Å². The molecule has 31 heavy (non-hydrogen) atoms. The molecule has 1 saturated heterocycles. The third kappa shape index (κ3) is 5.50. The van der Waals surface area contributed by atoms with Crippen molar-refractivity contribution in [2.45, 2.75) is 25.5 Å². The van der Waals surface area contributed by atoms with Gasteiger partial charge in [-0.25, -0.2) is 9.78 Å². The monoisotopic (exact) mass is 427 g/mol. The Morgan fingerprint density at radius 1 is 1.23 bits per heavy atom. The summed E-state index contributed by atoms with van der Waals surface area (Å²) in [6.07, 6.45) is 2.59. The fourth-order valence-corrected chi connectivity index (χ4v) is 3.16. The van der Waals surface area contributed by atoms with Crippen LogP contribution >= 0.6 is 0 Å². The van der Waals surface area contributed by atoms with Gasteiger partial charge in [-0.15, -0.1) is 0 Å². The molecular formula is C22H23N2O7. The lowest BCUT2D eigenvalue weighted by atomic mass is 9.94. The number of aromatic nitrogens is 1. The summed E-state index contributed by atoms with van der Waals surface area (Å²) in [4.78, 5) is 41.5. The standard InChI is InChI=1S/C22H23N2O7/c1-13-10-15(11-14-6-4-3-5-7-14)21(27)30-12-16(22(28)31-13)24-20(26)18-19(25)17(29-2)8-9-23-18/h3-10,13,15-16,25H,11-12H2,1-2H3,(H,24,26)/t13-,15+,16?/m0/s1. The minimum absolute atomic E-state index is 0.0515. The van der Waals surface area contributed by atoms with Crippen molar-refractivity contribution in [2.75, 3.05) is 13.7 Å². The molecule has 9 nitrogen and oxygen atoms in total.